The Morgan fingerprint density at radius 1 is 0.615 bits per heavy atom. The molecular formula is C10H9BrFeMg+2. The predicted octanol–water partition coefficient (Wildman–Crippen LogP) is -1.46. The summed E-state index contributed by atoms with van der Waals surface area (Å²) >= 11 is 0. The number of rotatable bonds is 0. The average Bonchev–Trinajstić information content (AvgIpc) is 2.67. The minimum absolute atomic E-state index is 0. The van der Waals surface area contributed by atoms with Crippen molar-refractivity contribution < 1.29 is 34.1 Å². The normalized spacial score (nSPS) is 18.5. The van der Waals surface area contributed by atoms with Gasteiger partial charge in [0.15, 0.2) is 0 Å². The van der Waals surface area contributed by atoms with Gasteiger partial charge in [0.25, 0.3) is 0 Å². The first-order valence-electron chi connectivity index (χ1n) is 3.24. The number of halogens is 1. The van der Waals surface area contributed by atoms with Crippen LogP contribution in [0.2, 0.25) is 0 Å². The third kappa shape index (κ3) is 13.8. The van der Waals surface area contributed by atoms with Crippen LogP contribution in [0.25, 0.3) is 0 Å². The van der Waals surface area contributed by atoms with Gasteiger partial charge in [0.2, 0.25) is 0 Å². The van der Waals surface area contributed by atoms with Crippen molar-refractivity contribution in [3.63, 3.8) is 0 Å². The van der Waals surface area contributed by atoms with Gasteiger partial charge in [0.1, 0.15) is 0 Å². The summed E-state index contributed by atoms with van der Waals surface area (Å²) in [5.74, 6) is 0. The Balaban J connectivity index is -0.000000125. The van der Waals surface area contributed by atoms with Gasteiger partial charge < -0.3 is 23.4 Å². The fourth-order valence-electron chi connectivity index (χ4n) is 0.599. The number of hydrogen-bond donors (Lipinski definition) is 0. The van der Waals surface area contributed by atoms with Crippen molar-refractivity contribution in [3.05, 3.63) is 64.2 Å². The van der Waals surface area contributed by atoms with Crippen molar-refractivity contribution in [3.8, 4) is 0 Å². The molecule has 0 amide bonds. The SMILES string of the molecule is [Br-].[C-]1[CH][CH][CH][CH]1.[CH]1[CH][CH][CH][CH]1.[Fe+2].[Mg+2]. The molecule has 0 aromatic carbocycles. The number of hydrogen-bond acceptors (Lipinski definition) is 0. The minimum atomic E-state index is 0. The molecule has 0 aliphatic heterocycles. The van der Waals surface area contributed by atoms with Crippen LogP contribution in [0.5, 0.6) is 0 Å². The van der Waals surface area contributed by atoms with Crippen LogP contribution in [-0.2, 0) is 17.1 Å². The molecule has 0 bridgehead atoms. The molecule has 0 aromatic rings. The maximum Gasteiger partial charge on any atom is 2.00 e. The van der Waals surface area contributed by atoms with E-state index in [1.807, 2.05) is 57.8 Å². The molecule has 2 aliphatic rings. The summed E-state index contributed by atoms with van der Waals surface area (Å²) in [7, 11) is 0. The quantitative estimate of drug-likeness (QED) is 0.378. The minimum Gasteiger partial charge on any atom is -1.00 e. The maximum absolute atomic E-state index is 2.86. The van der Waals surface area contributed by atoms with Gasteiger partial charge in [-0.3, -0.25) is 0 Å². The van der Waals surface area contributed by atoms with Crippen LogP contribution in [0, 0.1) is 64.2 Å². The molecule has 0 N–H and O–H groups in total. The van der Waals surface area contributed by atoms with E-state index in [1.54, 1.807) is 0 Å². The van der Waals surface area contributed by atoms with Crippen LogP contribution in [-0.4, -0.2) is 23.1 Å². The second-order valence-electron chi connectivity index (χ2n) is 1.85. The summed E-state index contributed by atoms with van der Waals surface area (Å²) in [6.45, 7) is 0. The zero-order chi connectivity index (χ0) is 7.07. The van der Waals surface area contributed by atoms with Crippen molar-refractivity contribution in [1.29, 1.82) is 0 Å². The molecule has 2 aliphatic carbocycles. The molecular weight excluding hydrogens is 280 g/mol. The van der Waals surface area contributed by atoms with E-state index in [0.29, 0.717) is 0 Å². The van der Waals surface area contributed by atoms with Crippen LogP contribution in [0.3, 0.4) is 0 Å². The molecule has 0 aromatic heterocycles. The first-order chi connectivity index (χ1) is 5.00. The van der Waals surface area contributed by atoms with Crippen LogP contribution in [0.1, 0.15) is 0 Å². The smallest absolute Gasteiger partial charge is 1.00 e. The Bertz CT molecular complexity index is 48.1. The molecule has 0 heterocycles. The molecule has 0 nitrogen and oxygen atoms in total. The second-order valence-corrected chi connectivity index (χ2v) is 1.85. The van der Waals surface area contributed by atoms with E-state index in [1.165, 1.54) is 0 Å². The van der Waals surface area contributed by atoms with Crippen molar-refractivity contribution in [2.45, 2.75) is 0 Å². The monoisotopic (exact) mass is 288 g/mol. The van der Waals surface area contributed by atoms with Gasteiger partial charge in [-0.15, -0.1) is 0 Å². The van der Waals surface area contributed by atoms with E-state index in [0.717, 1.165) is 0 Å². The summed E-state index contributed by atoms with van der Waals surface area (Å²) in [4.78, 5) is 0. The maximum atomic E-state index is 2.86. The van der Waals surface area contributed by atoms with Gasteiger partial charge in [0.05, 0.1) is 0 Å². The molecule has 2 rings (SSSR count). The summed E-state index contributed by atoms with van der Waals surface area (Å²) in [5.41, 5.74) is 0. The Morgan fingerprint density at radius 3 is 1.08 bits per heavy atom. The van der Waals surface area contributed by atoms with E-state index in [-0.39, 0.29) is 57.1 Å². The van der Waals surface area contributed by atoms with Gasteiger partial charge in [-0.25, -0.2) is 12.8 Å². The Labute approximate surface area is 120 Å². The van der Waals surface area contributed by atoms with Crippen LogP contribution in [0.15, 0.2) is 0 Å². The Kier molecular flexibility index (Phi) is 25.2. The molecule has 13 heavy (non-hydrogen) atoms. The molecule has 10 radical (unpaired) electrons. The predicted molar refractivity (Wildman–Crippen MR) is 47.7 cm³/mol. The summed E-state index contributed by atoms with van der Waals surface area (Å²) in [6, 6.07) is 0. The van der Waals surface area contributed by atoms with Gasteiger partial charge in [-0.1, -0.05) is 12.8 Å². The van der Waals surface area contributed by atoms with Crippen LogP contribution >= 0.6 is 0 Å². The molecule has 0 atom stereocenters. The molecule has 0 unspecified atom stereocenters. The van der Waals surface area contributed by atoms with Crippen molar-refractivity contribution in [2.75, 3.05) is 0 Å². The van der Waals surface area contributed by atoms with Crippen LogP contribution < -0.4 is 17.0 Å². The van der Waals surface area contributed by atoms with E-state index >= 15 is 0 Å². The summed E-state index contributed by atoms with van der Waals surface area (Å²) < 4.78 is 0. The zero-order valence-corrected chi connectivity index (χ0v) is 11.2. The van der Waals surface area contributed by atoms with Crippen LogP contribution in [0.4, 0.5) is 0 Å². The topological polar surface area (TPSA) is 0 Å². The third-order valence-corrected chi connectivity index (χ3v) is 1.05. The van der Waals surface area contributed by atoms with Gasteiger partial charge in [-0.05, 0) is 32.1 Å². The van der Waals surface area contributed by atoms with Crippen molar-refractivity contribution >= 4 is 23.1 Å². The van der Waals surface area contributed by atoms with Crippen molar-refractivity contribution in [1.82, 2.24) is 0 Å². The van der Waals surface area contributed by atoms with E-state index < -0.39 is 0 Å². The Hall–Kier alpha value is 1.77. The van der Waals surface area contributed by atoms with Gasteiger partial charge in [-0.2, -0.15) is 0 Å². The molecule has 3 heteroatoms. The van der Waals surface area contributed by atoms with Gasteiger partial charge in [0, 0.05) is 0 Å². The fourth-order valence-corrected chi connectivity index (χ4v) is 0.599. The first-order valence-corrected chi connectivity index (χ1v) is 3.24. The molecule has 2 fully saturated rings. The summed E-state index contributed by atoms with van der Waals surface area (Å²) in [6.07, 6.45) is 20.5. The van der Waals surface area contributed by atoms with Crippen molar-refractivity contribution in [2.24, 2.45) is 0 Å². The molecule has 0 spiro atoms. The molecule has 0 saturated heterocycles. The second kappa shape index (κ2) is 16.2. The third-order valence-electron chi connectivity index (χ3n) is 1.05. The average molecular weight is 289 g/mol. The van der Waals surface area contributed by atoms with E-state index in [2.05, 4.69) is 6.42 Å². The fraction of sp³-hybridized carbons (Fsp3) is 0. The first kappa shape index (κ1) is 20.2. The zero-order valence-electron chi connectivity index (χ0n) is 7.13. The van der Waals surface area contributed by atoms with Gasteiger partial charge >= 0.3 is 40.1 Å². The molecule has 2 saturated carbocycles. The largest absolute Gasteiger partial charge is 2.00 e. The molecule has 64 valence electrons. The summed E-state index contributed by atoms with van der Waals surface area (Å²) in [5, 5.41) is 0. The standard InChI is InChI=1S/C5H5.C5H4.BrH.Fe.Mg/c2*1-2-4-5-3-1;;;/h1-5H;1-4H;1H;;/q;-1;;2*+2/p-1. The van der Waals surface area contributed by atoms with E-state index in [9.17, 15) is 0 Å². The van der Waals surface area contributed by atoms with E-state index in [4.69, 9.17) is 0 Å². The Morgan fingerprint density at radius 2 is 0.923 bits per heavy atom.